The molecule has 1 rings (SSSR count). The van der Waals surface area contributed by atoms with Crippen molar-refractivity contribution in [2.75, 3.05) is 13.7 Å². The molecule has 4 heteroatoms. The van der Waals surface area contributed by atoms with Crippen LogP contribution < -0.4 is 4.74 Å². The van der Waals surface area contributed by atoms with Crippen LogP contribution >= 0.6 is 0 Å². The van der Waals surface area contributed by atoms with Gasteiger partial charge in [-0.2, -0.15) is 0 Å². The van der Waals surface area contributed by atoms with Crippen molar-refractivity contribution >= 4 is 5.97 Å². The maximum atomic E-state index is 10.8. The van der Waals surface area contributed by atoms with Gasteiger partial charge in [0.25, 0.3) is 0 Å². The van der Waals surface area contributed by atoms with Gasteiger partial charge < -0.3 is 14.6 Å². The maximum Gasteiger partial charge on any atom is 0.333 e. The standard InChI is InChI=1S/C12H16O4/c1-3-16-10-7-5-4-6-9(10)8-11(15-2)12(13)14/h4-7,11H,3,8H2,1-2H3,(H,13,14). The highest BCUT2D eigenvalue weighted by molar-refractivity contribution is 5.72. The first-order chi connectivity index (χ1) is 7.69. The second-order valence-electron chi connectivity index (χ2n) is 3.31. The fourth-order valence-electron chi connectivity index (χ4n) is 1.44. The van der Waals surface area contributed by atoms with E-state index in [1.54, 1.807) is 0 Å². The number of carbonyl (C=O) groups is 1. The number of aliphatic carboxylic acids is 1. The molecule has 1 atom stereocenters. The van der Waals surface area contributed by atoms with Gasteiger partial charge in [-0.15, -0.1) is 0 Å². The zero-order chi connectivity index (χ0) is 12.0. The minimum absolute atomic E-state index is 0.308. The molecule has 88 valence electrons. The molecule has 0 aliphatic rings. The molecule has 0 aromatic heterocycles. The Bertz CT molecular complexity index is 349. The number of carboxylic acid groups (broad SMARTS) is 1. The number of para-hydroxylation sites is 1. The Morgan fingerprint density at radius 1 is 1.44 bits per heavy atom. The molecule has 0 radical (unpaired) electrons. The summed E-state index contributed by atoms with van der Waals surface area (Å²) in [6.45, 7) is 2.45. The van der Waals surface area contributed by atoms with Crippen LogP contribution in [0.15, 0.2) is 24.3 Å². The van der Waals surface area contributed by atoms with E-state index in [1.165, 1.54) is 7.11 Å². The van der Waals surface area contributed by atoms with Crippen molar-refractivity contribution in [3.05, 3.63) is 29.8 Å². The largest absolute Gasteiger partial charge is 0.494 e. The number of hydrogen-bond acceptors (Lipinski definition) is 3. The third-order valence-electron chi connectivity index (χ3n) is 2.24. The summed E-state index contributed by atoms with van der Waals surface area (Å²) in [6.07, 6.45) is -0.524. The minimum atomic E-state index is -0.964. The summed E-state index contributed by atoms with van der Waals surface area (Å²) in [5.41, 5.74) is 0.846. The normalized spacial score (nSPS) is 12.1. The number of hydrogen-bond donors (Lipinski definition) is 1. The molecular weight excluding hydrogens is 208 g/mol. The molecular formula is C12H16O4. The predicted octanol–water partition coefficient (Wildman–Crippen LogP) is 1.73. The topological polar surface area (TPSA) is 55.8 Å². The van der Waals surface area contributed by atoms with E-state index in [9.17, 15) is 4.79 Å². The second-order valence-corrected chi connectivity index (χ2v) is 3.31. The van der Waals surface area contributed by atoms with Crippen molar-refractivity contribution in [3.8, 4) is 5.75 Å². The SMILES string of the molecule is CCOc1ccccc1CC(OC)C(=O)O. The zero-order valence-electron chi connectivity index (χ0n) is 9.47. The van der Waals surface area contributed by atoms with Gasteiger partial charge in [0.05, 0.1) is 6.61 Å². The lowest BCUT2D eigenvalue weighted by Crippen LogP contribution is -2.25. The van der Waals surface area contributed by atoms with Gasteiger partial charge in [0.2, 0.25) is 0 Å². The first-order valence-electron chi connectivity index (χ1n) is 5.15. The highest BCUT2D eigenvalue weighted by atomic mass is 16.5. The lowest BCUT2D eigenvalue weighted by Gasteiger charge is -2.13. The molecule has 0 saturated carbocycles. The predicted molar refractivity (Wildman–Crippen MR) is 59.7 cm³/mol. The van der Waals surface area contributed by atoms with Gasteiger partial charge in [-0.25, -0.2) is 4.79 Å². The van der Waals surface area contributed by atoms with Crippen LogP contribution in [0.3, 0.4) is 0 Å². The van der Waals surface area contributed by atoms with Crippen molar-refractivity contribution in [1.29, 1.82) is 0 Å². The van der Waals surface area contributed by atoms with E-state index in [-0.39, 0.29) is 0 Å². The van der Waals surface area contributed by atoms with Gasteiger partial charge >= 0.3 is 5.97 Å². The van der Waals surface area contributed by atoms with Gasteiger partial charge in [0, 0.05) is 13.5 Å². The van der Waals surface area contributed by atoms with Crippen molar-refractivity contribution < 1.29 is 19.4 Å². The third-order valence-corrected chi connectivity index (χ3v) is 2.24. The molecule has 16 heavy (non-hydrogen) atoms. The smallest absolute Gasteiger partial charge is 0.333 e. The average Bonchev–Trinajstić information content (AvgIpc) is 2.27. The maximum absolute atomic E-state index is 10.8. The highest BCUT2D eigenvalue weighted by Crippen LogP contribution is 2.20. The second kappa shape index (κ2) is 6.12. The molecule has 1 unspecified atom stereocenters. The number of rotatable bonds is 6. The number of ether oxygens (including phenoxy) is 2. The van der Waals surface area contributed by atoms with Crippen LogP contribution in [-0.4, -0.2) is 30.9 Å². The van der Waals surface area contributed by atoms with Gasteiger partial charge in [-0.05, 0) is 18.6 Å². The Morgan fingerprint density at radius 2 is 2.12 bits per heavy atom. The van der Waals surface area contributed by atoms with E-state index >= 15 is 0 Å². The van der Waals surface area contributed by atoms with E-state index in [4.69, 9.17) is 14.6 Å². The number of methoxy groups -OCH3 is 1. The fourth-order valence-corrected chi connectivity index (χ4v) is 1.44. The molecule has 1 aromatic rings. The summed E-state index contributed by atoms with van der Waals surface area (Å²) in [5.74, 6) is -0.248. The van der Waals surface area contributed by atoms with Crippen LogP contribution in [0, 0.1) is 0 Å². The van der Waals surface area contributed by atoms with Crippen molar-refractivity contribution in [2.45, 2.75) is 19.4 Å². The van der Waals surface area contributed by atoms with Crippen molar-refractivity contribution in [2.24, 2.45) is 0 Å². The Labute approximate surface area is 94.8 Å². The van der Waals surface area contributed by atoms with Crippen molar-refractivity contribution in [3.63, 3.8) is 0 Å². The molecule has 4 nitrogen and oxygen atoms in total. The molecule has 1 aromatic carbocycles. The molecule has 1 N–H and O–H groups in total. The quantitative estimate of drug-likeness (QED) is 0.799. The van der Waals surface area contributed by atoms with E-state index in [0.717, 1.165) is 5.56 Å². The van der Waals surface area contributed by atoms with Gasteiger partial charge in [0.1, 0.15) is 5.75 Å². The Hall–Kier alpha value is -1.55. The fraction of sp³-hybridized carbons (Fsp3) is 0.417. The Balaban J connectivity index is 2.82. The summed E-state index contributed by atoms with van der Waals surface area (Å²) in [7, 11) is 1.39. The van der Waals surface area contributed by atoms with Crippen LogP contribution in [-0.2, 0) is 16.0 Å². The molecule has 0 spiro atoms. The van der Waals surface area contributed by atoms with Crippen LogP contribution in [0.5, 0.6) is 5.75 Å². The summed E-state index contributed by atoms with van der Waals surface area (Å²) >= 11 is 0. The minimum Gasteiger partial charge on any atom is -0.494 e. The summed E-state index contributed by atoms with van der Waals surface area (Å²) in [5, 5.41) is 8.89. The summed E-state index contributed by atoms with van der Waals surface area (Å²) in [6, 6.07) is 7.39. The average molecular weight is 224 g/mol. The van der Waals surface area contributed by atoms with E-state index in [0.29, 0.717) is 18.8 Å². The lowest BCUT2D eigenvalue weighted by atomic mass is 10.1. The Kier molecular flexibility index (Phi) is 4.79. The molecule has 0 aliphatic heterocycles. The first-order valence-corrected chi connectivity index (χ1v) is 5.15. The summed E-state index contributed by atoms with van der Waals surface area (Å²) in [4.78, 5) is 10.8. The highest BCUT2D eigenvalue weighted by Gasteiger charge is 2.18. The van der Waals surface area contributed by atoms with Crippen LogP contribution in [0.25, 0.3) is 0 Å². The van der Waals surface area contributed by atoms with Crippen LogP contribution in [0.2, 0.25) is 0 Å². The molecule has 0 heterocycles. The monoisotopic (exact) mass is 224 g/mol. The molecule has 0 amide bonds. The molecule has 0 fully saturated rings. The first kappa shape index (κ1) is 12.5. The summed E-state index contributed by atoms with van der Waals surface area (Å²) < 4.78 is 10.3. The van der Waals surface area contributed by atoms with Crippen LogP contribution in [0.4, 0.5) is 0 Å². The van der Waals surface area contributed by atoms with Gasteiger partial charge in [-0.3, -0.25) is 0 Å². The van der Waals surface area contributed by atoms with E-state index < -0.39 is 12.1 Å². The molecule has 0 aliphatic carbocycles. The molecule has 0 bridgehead atoms. The van der Waals surface area contributed by atoms with E-state index in [2.05, 4.69) is 0 Å². The van der Waals surface area contributed by atoms with E-state index in [1.807, 2.05) is 31.2 Å². The molecule has 0 saturated heterocycles. The van der Waals surface area contributed by atoms with Crippen molar-refractivity contribution in [1.82, 2.24) is 0 Å². The third kappa shape index (κ3) is 3.24. The lowest BCUT2D eigenvalue weighted by molar-refractivity contribution is -0.148. The zero-order valence-corrected chi connectivity index (χ0v) is 9.47. The van der Waals surface area contributed by atoms with Gasteiger partial charge in [-0.1, -0.05) is 18.2 Å². The number of carboxylic acids is 1. The van der Waals surface area contributed by atoms with Gasteiger partial charge in [0.15, 0.2) is 6.10 Å². The van der Waals surface area contributed by atoms with Crippen LogP contribution in [0.1, 0.15) is 12.5 Å². The Morgan fingerprint density at radius 3 is 2.69 bits per heavy atom. The number of benzene rings is 1.